The lowest BCUT2D eigenvalue weighted by molar-refractivity contribution is 0.0680. The lowest BCUT2D eigenvalue weighted by Gasteiger charge is -2.36. The van der Waals surface area contributed by atoms with Crippen LogP contribution in [-0.4, -0.2) is 40.9 Å². The molecule has 2 unspecified atom stereocenters. The molecule has 112 valence electrons. The van der Waals surface area contributed by atoms with E-state index >= 15 is 0 Å². The average molecular weight is 305 g/mol. The van der Waals surface area contributed by atoms with Crippen LogP contribution in [0.3, 0.4) is 0 Å². The quantitative estimate of drug-likeness (QED) is 0.938. The lowest BCUT2D eigenvalue weighted by atomic mass is 10.1. The fraction of sp³-hybridized carbons (Fsp3) is 0.467. The topological polar surface area (TPSA) is 58.5 Å². The summed E-state index contributed by atoms with van der Waals surface area (Å²) in [6.45, 7) is 3.98. The monoisotopic (exact) mass is 305 g/mol. The number of aliphatic hydroxyl groups is 1. The minimum absolute atomic E-state index is 0.0950. The van der Waals surface area contributed by atoms with E-state index in [1.54, 1.807) is 17.5 Å². The summed E-state index contributed by atoms with van der Waals surface area (Å²) in [5.74, 6) is 0.724. The number of hydrogen-bond acceptors (Lipinski definition) is 6. The third-order valence-corrected chi connectivity index (χ3v) is 4.61. The molecule has 0 spiro atoms. The molecular formula is C15H19N3O2S. The highest BCUT2D eigenvalue weighted by molar-refractivity contribution is 7.10. The molecule has 0 saturated carbocycles. The van der Waals surface area contributed by atoms with Gasteiger partial charge in [0.15, 0.2) is 0 Å². The van der Waals surface area contributed by atoms with E-state index in [4.69, 9.17) is 4.74 Å². The number of aryl methyl sites for hydroxylation is 1. The molecule has 5 nitrogen and oxygen atoms in total. The van der Waals surface area contributed by atoms with Gasteiger partial charge in [0.05, 0.1) is 25.4 Å². The number of aromatic nitrogens is 2. The fourth-order valence-electron chi connectivity index (χ4n) is 2.54. The van der Waals surface area contributed by atoms with Crippen molar-refractivity contribution in [3.8, 4) is 0 Å². The van der Waals surface area contributed by atoms with Crippen LogP contribution in [0.25, 0.3) is 0 Å². The van der Waals surface area contributed by atoms with Gasteiger partial charge in [-0.3, -0.25) is 0 Å². The zero-order valence-electron chi connectivity index (χ0n) is 12.0. The van der Waals surface area contributed by atoms with Crippen LogP contribution in [-0.2, 0) is 4.74 Å². The van der Waals surface area contributed by atoms with Crippen molar-refractivity contribution in [3.05, 3.63) is 40.3 Å². The highest BCUT2D eigenvalue weighted by Crippen LogP contribution is 2.27. The van der Waals surface area contributed by atoms with E-state index in [9.17, 15) is 5.11 Å². The highest BCUT2D eigenvalue weighted by Gasteiger charge is 2.28. The smallest absolute Gasteiger partial charge is 0.225 e. The summed E-state index contributed by atoms with van der Waals surface area (Å²) in [7, 11) is 0. The third-order valence-electron chi connectivity index (χ3n) is 3.63. The first kappa shape index (κ1) is 14.4. The number of hydrogen-bond donors (Lipinski definition) is 1. The Kier molecular flexibility index (Phi) is 4.48. The highest BCUT2D eigenvalue weighted by atomic mass is 32.1. The van der Waals surface area contributed by atoms with Crippen LogP contribution in [0.2, 0.25) is 0 Å². The van der Waals surface area contributed by atoms with Gasteiger partial charge in [-0.1, -0.05) is 6.07 Å². The summed E-state index contributed by atoms with van der Waals surface area (Å²) < 4.78 is 5.58. The summed E-state index contributed by atoms with van der Waals surface area (Å²) in [6, 6.07) is 5.91. The molecule has 0 radical (unpaired) electrons. The molecule has 1 aliphatic heterocycles. The molecule has 0 aliphatic carbocycles. The van der Waals surface area contributed by atoms with Gasteiger partial charge in [0, 0.05) is 29.7 Å². The van der Waals surface area contributed by atoms with Crippen molar-refractivity contribution in [2.75, 3.05) is 24.7 Å². The van der Waals surface area contributed by atoms with Crippen molar-refractivity contribution in [1.82, 2.24) is 9.97 Å². The maximum absolute atomic E-state index is 10.4. The first-order chi connectivity index (χ1) is 10.2. The van der Waals surface area contributed by atoms with E-state index in [1.165, 1.54) is 0 Å². The van der Waals surface area contributed by atoms with Crippen molar-refractivity contribution in [2.45, 2.75) is 25.5 Å². The predicted molar refractivity (Wildman–Crippen MR) is 82.6 cm³/mol. The minimum Gasteiger partial charge on any atom is -0.387 e. The maximum Gasteiger partial charge on any atom is 0.225 e. The molecule has 2 aromatic heterocycles. The molecule has 21 heavy (non-hydrogen) atoms. The Morgan fingerprint density at radius 1 is 1.52 bits per heavy atom. The molecule has 1 N–H and O–H groups in total. The van der Waals surface area contributed by atoms with Crippen LogP contribution in [0, 0.1) is 6.92 Å². The Bertz CT molecular complexity index is 576. The van der Waals surface area contributed by atoms with E-state index in [2.05, 4.69) is 14.9 Å². The number of nitrogens with zero attached hydrogens (tertiary/aromatic N) is 3. The van der Waals surface area contributed by atoms with Crippen molar-refractivity contribution in [1.29, 1.82) is 0 Å². The van der Waals surface area contributed by atoms with Gasteiger partial charge in [-0.05, 0) is 24.4 Å². The van der Waals surface area contributed by atoms with Crippen molar-refractivity contribution < 1.29 is 9.84 Å². The van der Waals surface area contributed by atoms with Gasteiger partial charge in [0.25, 0.3) is 0 Å². The van der Waals surface area contributed by atoms with E-state index in [0.717, 1.165) is 23.1 Å². The molecule has 1 saturated heterocycles. The maximum atomic E-state index is 10.4. The second-order valence-electron chi connectivity index (χ2n) is 5.19. The van der Waals surface area contributed by atoms with Gasteiger partial charge >= 0.3 is 0 Å². The van der Waals surface area contributed by atoms with Gasteiger partial charge in [-0.15, -0.1) is 11.3 Å². The second kappa shape index (κ2) is 6.51. The molecule has 1 aliphatic rings. The van der Waals surface area contributed by atoms with Gasteiger partial charge in [0.1, 0.15) is 0 Å². The molecule has 0 aromatic carbocycles. The molecule has 0 amide bonds. The minimum atomic E-state index is -0.469. The second-order valence-corrected chi connectivity index (χ2v) is 6.17. The number of aliphatic hydroxyl groups excluding tert-OH is 1. The fourth-order valence-corrected chi connectivity index (χ4v) is 3.27. The van der Waals surface area contributed by atoms with Crippen LogP contribution < -0.4 is 4.90 Å². The largest absolute Gasteiger partial charge is 0.387 e. The molecule has 0 bridgehead atoms. The Morgan fingerprint density at radius 3 is 3.19 bits per heavy atom. The van der Waals surface area contributed by atoms with Crippen LogP contribution in [0.4, 0.5) is 5.95 Å². The molecule has 2 aromatic rings. The average Bonchev–Trinajstić information content (AvgIpc) is 3.02. The molecular weight excluding hydrogens is 286 g/mol. The van der Waals surface area contributed by atoms with E-state index in [-0.39, 0.29) is 6.04 Å². The predicted octanol–water partition coefficient (Wildman–Crippen LogP) is 2.18. The number of anilines is 1. The van der Waals surface area contributed by atoms with Gasteiger partial charge in [-0.2, -0.15) is 0 Å². The molecule has 3 heterocycles. The number of thiophene rings is 1. The summed E-state index contributed by atoms with van der Waals surface area (Å²) in [6.07, 6.45) is 1.93. The van der Waals surface area contributed by atoms with Crippen molar-refractivity contribution >= 4 is 17.3 Å². The van der Waals surface area contributed by atoms with Crippen molar-refractivity contribution in [2.24, 2.45) is 0 Å². The Morgan fingerprint density at radius 2 is 2.43 bits per heavy atom. The zero-order valence-corrected chi connectivity index (χ0v) is 12.8. The Hall–Kier alpha value is -1.50. The molecule has 6 heteroatoms. The first-order valence-corrected chi connectivity index (χ1v) is 7.97. The Balaban J connectivity index is 1.75. The molecule has 1 fully saturated rings. The van der Waals surface area contributed by atoms with E-state index in [1.807, 2.05) is 30.5 Å². The lowest BCUT2D eigenvalue weighted by Crippen LogP contribution is -2.47. The van der Waals surface area contributed by atoms with Gasteiger partial charge in [-0.25, -0.2) is 9.97 Å². The Labute approximate surface area is 128 Å². The molecule has 3 rings (SSSR count). The summed E-state index contributed by atoms with van der Waals surface area (Å²) in [5, 5.41) is 12.4. The zero-order chi connectivity index (χ0) is 14.7. The molecule has 2 atom stereocenters. The van der Waals surface area contributed by atoms with Gasteiger partial charge < -0.3 is 14.7 Å². The summed E-state index contributed by atoms with van der Waals surface area (Å²) in [5.41, 5.74) is 0.948. The van der Waals surface area contributed by atoms with Crippen LogP contribution >= 0.6 is 11.3 Å². The van der Waals surface area contributed by atoms with Crippen LogP contribution in [0.1, 0.15) is 23.1 Å². The normalized spacial score (nSPS) is 20.5. The van der Waals surface area contributed by atoms with Crippen LogP contribution in [0.15, 0.2) is 29.8 Å². The van der Waals surface area contributed by atoms with E-state index < -0.39 is 6.10 Å². The van der Waals surface area contributed by atoms with E-state index in [0.29, 0.717) is 19.6 Å². The standard InChI is InChI=1S/C15H19N3O2S/c1-11-4-5-16-15(17-11)18-6-7-20-10-12(18)9-13(19)14-3-2-8-21-14/h2-5,8,12-13,19H,6-7,9-10H2,1H3. The number of rotatable bonds is 4. The summed E-state index contributed by atoms with van der Waals surface area (Å²) >= 11 is 1.58. The number of ether oxygens (including phenoxy) is 1. The van der Waals surface area contributed by atoms with Crippen LogP contribution in [0.5, 0.6) is 0 Å². The first-order valence-electron chi connectivity index (χ1n) is 7.09. The number of morpholine rings is 1. The van der Waals surface area contributed by atoms with Gasteiger partial charge in [0.2, 0.25) is 5.95 Å². The van der Waals surface area contributed by atoms with Crippen molar-refractivity contribution in [3.63, 3.8) is 0 Å². The third kappa shape index (κ3) is 3.40. The summed E-state index contributed by atoms with van der Waals surface area (Å²) in [4.78, 5) is 12.0. The SMILES string of the molecule is Cc1ccnc(N2CCOCC2CC(O)c2cccs2)n1.